The third kappa shape index (κ3) is 7.67. The third-order valence-electron chi connectivity index (χ3n) is 8.59. The molecule has 3 fully saturated rings. The molecule has 0 bridgehead atoms. The normalized spacial score (nSPS) is 18.9. The van der Waals surface area contributed by atoms with Gasteiger partial charge in [0.15, 0.2) is 5.82 Å². The van der Waals surface area contributed by atoms with Gasteiger partial charge < -0.3 is 30.9 Å². The largest absolute Gasteiger partial charge is 0.464 e. The van der Waals surface area contributed by atoms with E-state index < -0.39 is 33.6 Å². The molecular formula is C29H39F2N7O5S. The van der Waals surface area contributed by atoms with Crippen molar-refractivity contribution in [3.63, 3.8) is 0 Å². The number of nitrogens with two attached hydrogens (primary N) is 1. The van der Waals surface area contributed by atoms with E-state index in [2.05, 4.69) is 25.2 Å². The summed E-state index contributed by atoms with van der Waals surface area (Å²) < 4.78 is 60.2. The molecule has 1 aromatic carbocycles. The second-order valence-corrected chi connectivity index (χ2v) is 13.5. The van der Waals surface area contributed by atoms with Crippen LogP contribution in [0.2, 0.25) is 0 Å². The number of anilines is 5. The number of aromatic nitrogens is 1. The van der Waals surface area contributed by atoms with Crippen LogP contribution >= 0.6 is 0 Å². The molecule has 1 amide bonds. The maximum atomic E-state index is 13.8. The van der Waals surface area contributed by atoms with Crippen LogP contribution < -0.4 is 30.9 Å². The maximum Gasteiger partial charge on any atom is 0.319 e. The van der Waals surface area contributed by atoms with Crippen molar-refractivity contribution < 1.29 is 31.5 Å². The Balaban J connectivity index is 1.35. The molecule has 1 aromatic heterocycles. The molecule has 5 N–H and O–H groups in total. The van der Waals surface area contributed by atoms with Gasteiger partial charge in [-0.15, -0.1) is 0 Å². The van der Waals surface area contributed by atoms with Crippen LogP contribution in [0.4, 0.5) is 37.3 Å². The summed E-state index contributed by atoms with van der Waals surface area (Å²) >= 11 is 0. The first-order valence-electron chi connectivity index (χ1n) is 14.8. The SMILES string of the molecule is CNc1ccc(C(=O)Nc2ccc(NS(=O)(=O)CCOC(=O)CN)cc2N2CCC3(CC2)CC3)nc1N1CCC(F)(F)CC1. The van der Waals surface area contributed by atoms with Crippen molar-refractivity contribution in [1.29, 1.82) is 0 Å². The Labute approximate surface area is 255 Å². The van der Waals surface area contributed by atoms with Crippen LogP contribution in [-0.2, 0) is 19.6 Å². The van der Waals surface area contributed by atoms with E-state index in [1.165, 1.54) is 12.8 Å². The molecule has 44 heavy (non-hydrogen) atoms. The number of carbonyl (C=O) groups excluding carboxylic acids is 2. The predicted molar refractivity (Wildman–Crippen MR) is 165 cm³/mol. The highest BCUT2D eigenvalue weighted by Crippen LogP contribution is 2.54. The lowest BCUT2D eigenvalue weighted by Crippen LogP contribution is -2.40. The minimum Gasteiger partial charge on any atom is -0.464 e. The Kier molecular flexibility index (Phi) is 9.16. The Morgan fingerprint density at radius 1 is 0.977 bits per heavy atom. The van der Waals surface area contributed by atoms with Crippen LogP contribution in [0.15, 0.2) is 30.3 Å². The average molecular weight is 636 g/mol. The molecule has 0 unspecified atom stereocenters. The second-order valence-electron chi connectivity index (χ2n) is 11.7. The molecule has 1 saturated carbocycles. The molecule has 2 saturated heterocycles. The number of benzene rings is 1. The standard InChI is InChI=1S/C29H39F2N7O5S/c1-33-22-4-5-23(34-26(22)38-14-10-29(30,31)11-15-38)27(40)35-21-3-2-20(36-44(41,42)17-16-43-25(39)19-32)18-24(21)37-12-8-28(6-7-28)9-13-37/h2-5,18,33,36H,6-17,19,32H2,1H3,(H,35,40). The summed E-state index contributed by atoms with van der Waals surface area (Å²) in [6, 6.07) is 8.14. The molecular weight excluding hydrogens is 596 g/mol. The molecule has 15 heteroatoms. The Bertz CT molecular complexity index is 1480. The fraction of sp³-hybridized carbons (Fsp3) is 0.552. The molecule has 2 aliphatic heterocycles. The molecule has 3 heterocycles. The molecule has 1 aliphatic carbocycles. The molecule has 0 atom stereocenters. The first kappa shape index (κ1) is 31.7. The summed E-state index contributed by atoms with van der Waals surface area (Å²) in [6.45, 7) is 1.08. The van der Waals surface area contributed by atoms with Gasteiger partial charge in [0, 0.05) is 46.1 Å². The lowest BCUT2D eigenvalue weighted by molar-refractivity contribution is -0.141. The van der Waals surface area contributed by atoms with Gasteiger partial charge in [-0.05, 0) is 61.4 Å². The number of nitrogens with one attached hydrogen (secondary N) is 3. The number of amides is 1. The van der Waals surface area contributed by atoms with Crippen molar-refractivity contribution in [3.05, 3.63) is 36.0 Å². The number of rotatable bonds is 11. The van der Waals surface area contributed by atoms with Gasteiger partial charge in [-0.25, -0.2) is 22.2 Å². The molecule has 5 rings (SSSR count). The van der Waals surface area contributed by atoms with Crippen LogP contribution in [0.1, 0.15) is 49.0 Å². The fourth-order valence-electron chi connectivity index (χ4n) is 5.66. The van der Waals surface area contributed by atoms with Crippen LogP contribution in [0.5, 0.6) is 0 Å². The van der Waals surface area contributed by atoms with Crippen LogP contribution in [0.3, 0.4) is 0 Å². The smallest absolute Gasteiger partial charge is 0.319 e. The summed E-state index contributed by atoms with van der Waals surface area (Å²) in [6.07, 6.45) is 3.87. The van der Waals surface area contributed by atoms with E-state index in [4.69, 9.17) is 10.5 Å². The topological polar surface area (TPSA) is 159 Å². The lowest BCUT2D eigenvalue weighted by Gasteiger charge is -2.35. The summed E-state index contributed by atoms with van der Waals surface area (Å²) in [5.74, 6) is -3.90. The zero-order valence-corrected chi connectivity index (χ0v) is 25.5. The highest BCUT2D eigenvalue weighted by Gasteiger charge is 2.44. The zero-order chi connectivity index (χ0) is 31.5. The van der Waals surface area contributed by atoms with Crippen molar-refractivity contribution in [1.82, 2.24) is 4.98 Å². The number of halogens is 2. The van der Waals surface area contributed by atoms with Crippen molar-refractivity contribution in [2.75, 3.05) is 77.3 Å². The van der Waals surface area contributed by atoms with Gasteiger partial charge in [0.2, 0.25) is 10.0 Å². The lowest BCUT2D eigenvalue weighted by atomic mass is 9.93. The fourth-order valence-corrected chi connectivity index (χ4v) is 6.55. The maximum absolute atomic E-state index is 13.8. The predicted octanol–water partition coefficient (Wildman–Crippen LogP) is 3.24. The van der Waals surface area contributed by atoms with Crippen LogP contribution in [-0.4, -0.2) is 83.3 Å². The number of piperidine rings is 2. The number of nitrogens with zero attached hydrogens (tertiary/aromatic N) is 3. The summed E-state index contributed by atoms with van der Waals surface area (Å²) in [5, 5.41) is 5.96. The Hall–Kier alpha value is -3.72. The van der Waals surface area contributed by atoms with Crippen molar-refractivity contribution >= 4 is 50.5 Å². The van der Waals surface area contributed by atoms with Crippen molar-refractivity contribution in [3.8, 4) is 0 Å². The van der Waals surface area contributed by atoms with Gasteiger partial charge >= 0.3 is 5.97 Å². The van der Waals surface area contributed by atoms with E-state index in [-0.39, 0.29) is 44.8 Å². The molecule has 12 nitrogen and oxygen atoms in total. The number of carbonyl (C=O) groups is 2. The quantitative estimate of drug-likeness (QED) is 0.270. The number of hydrogen-bond acceptors (Lipinski definition) is 10. The van der Waals surface area contributed by atoms with Gasteiger partial charge in [0.05, 0.1) is 29.3 Å². The van der Waals surface area contributed by atoms with Crippen LogP contribution in [0, 0.1) is 5.41 Å². The third-order valence-corrected chi connectivity index (χ3v) is 9.85. The highest BCUT2D eigenvalue weighted by atomic mass is 32.2. The molecule has 1 spiro atoms. The molecule has 3 aliphatic rings. The summed E-state index contributed by atoms with van der Waals surface area (Å²) in [4.78, 5) is 33.2. The van der Waals surface area contributed by atoms with Gasteiger partial charge in [0.1, 0.15) is 18.1 Å². The number of ether oxygens (including phenoxy) is 1. The van der Waals surface area contributed by atoms with E-state index in [1.54, 1.807) is 42.3 Å². The van der Waals surface area contributed by atoms with E-state index >= 15 is 0 Å². The number of esters is 1. The van der Waals surface area contributed by atoms with Crippen LogP contribution in [0.25, 0.3) is 0 Å². The molecule has 0 radical (unpaired) electrons. The Morgan fingerprint density at radius 3 is 2.27 bits per heavy atom. The minimum atomic E-state index is -3.84. The average Bonchev–Trinajstić information content (AvgIpc) is 3.76. The molecule has 2 aromatic rings. The summed E-state index contributed by atoms with van der Waals surface area (Å²) in [5.41, 5.74) is 7.79. The van der Waals surface area contributed by atoms with Gasteiger partial charge in [0.25, 0.3) is 11.8 Å². The summed E-state index contributed by atoms with van der Waals surface area (Å²) in [7, 11) is -2.14. The number of sulfonamides is 1. The first-order chi connectivity index (χ1) is 20.9. The Morgan fingerprint density at radius 2 is 1.64 bits per heavy atom. The highest BCUT2D eigenvalue weighted by molar-refractivity contribution is 7.92. The minimum absolute atomic E-state index is 0.118. The van der Waals surface area contributed by atoms with Crippen molar-refractivity contribution in [2.24, 2.45) is 11.1 Å². The second kappa shape index (κ2) is 12.7. The van der Waals surface area contributed by atoms with E-state index in [1.807, 2.05) is 0 Å². The zero-order valence-electron chi connectivity index (χ0n) is 24.7. The monoisotopic (exact) mass is 635 g/mol. The van der Waals surface area contributed by atoms with Crippen molar-refractivity contribution in [2.45, 2.75) is 44.4 Å². The molecule has 240 valence electrons. The van der Waals surface area contributed by atoms with E-state index in [9.17, 15) is 26.8 Å². The number of alkyl halides is 2. The van der Waals surface area contributed by atoms with E-state index in [0.717, 1.165) is 25.9 Å². The van der Waals surface area contributed by atoms with Gasteiger partial charge in [-0.3, -0.25) is 14.3 Å². The van der Waals surface area contributed by atoms with E-state index in [0.29, 0.717) is 34.0 Å². The first-order valence-corrected chi connectivity index (χ1v) is 16.4. The number of pyridine rings is 1. The van der Waals surface area contributed by atoms with Gasteiger partial charge in [-0.2, -0.15) is 0 Å². The number of hydrogen-bond donors (Lipinski definition) is 4. The van der Waals surface area contributed by atoms with Gasteiger partial charge in [-0.1, -0.05) is 0 Å².